The van der Waals surface area contributed by atoms with Crippen LogP contribution in [0.25, 0.3) is 44.2 Å². The molecular weight excluding hydrogens is 591 g/mol. The summed E-state index contributed by atoms with van der Waals surface area (Å²) in [6.45, 7) is 4.79. The molecule has 0 amide bonds. The molecule has 1 heteroatoms. The Morgan fingerprint density at radius 3 is 1.82 bits per heavy atom. The van der Waals surface area contributed by atoms with Crippen LogP contribution in [0.1, 0.15) is 61.8 Å². The van der Waals surface area contributed by atoms with Gasteiger partial charge < -0.3 is 4.90 Å². The fourth-order valence-corrected chi connectivity index (χ4v) is 9.88. The minimum Gasteiger partial charge on any atom is -0.309 e. The first-order valence-electron chi connectivity index (χ1n) is 17.9. The lowest BCUT2D eigenvalue weighted by molar-refractivity contribution is 0.550. The molecule has 0 aromatic heterocycles. The van der Waals surface area contributed by atoms with Crippen LogP contribution in [0.5, 0.6) is 0 Å². The predicted molar refractivity (Wildman–Crippen MR) is 206 cm³/mol. The molecule has 0 heterocycles. The van der Waals surface area contributed by atoms with Gasteiger partial charge in [0, 0.05) is 27.5 Å². The lowest BCUT2D eigenvalue weighted by atomic mass is 9.76. The summed E-state index contributed by atoms with van der Waals surface area (Å²) >= 11 is 0. The smallest absolute Gasteiger partial charge is 0.0540 e. The summed E-state index contributed by atoms with van der Waals surface area (Å²) in [6, 6.07) is 57.1. The summed E-state index contributed by atoms with van der Waals surface area (Å²) < 4.78 is 0. The van der Waals surface area contributed by atoms with Crippen LogP contribution in [0.4, 0.5) is 17.1 Å². The van der Waals surface area contributed by atoms with Crippen molar-refractivity contribution >= 4 is 27.8 Å². The van der Waals surface area contributed by atoms with Crippen molar-refractivity contribution in [2.75, 3.05) is 4.90 Å². The summed E-state index contributed by atoms with van der Waals surface area (Å²) in [6.07, 6.45) is 5.00. The standard InChI is InChI=1S/C48H39N/c1-47(2)41-23-8-5-19-36(41)39-21-14-22-40(46(39)47)38-20-7-10-25-45(38)49(44-26-13-16-32-15-3-4-17-34(32)44)33-27-28-37-35-18-6-9-24-42(35)48(43(37)31-33)29-11-12-30-48/h3-10,13-28,31H,11-12,29-30H2,1-2H3. The second kappa shape index (κ2) is 10.5. The molecule has 0 radical (unpaired) electrons. The Morgan fingerprint density at radius 1 is 0.449 bits per heavy atom. The molecule has 3 aliphatic rings. The van der Waals surface area contributed by atoms with E-state index in [0.29, 0.717) is 0 Å². The zero-order valence-corrected chi connectivity index (χ0v) is 28.2. The third-order valence-corrected chi connectivity index (χ3v) is 12.0. The zero-order valence-electron chi connectivity index (χ0n) is 28.2. The number of hydrogen-bond acceptors (Lipinski definition) is 1. The highest BCUT2D eigenvalue weighted by Gasteiger charge is 2.45. The van der Waals surface area contributed by atoms with Crippen molar-refractivity contribution in [3.05, 3.63) is 174 Å². The van der Waals surface area contributed by atoms with Gasteiger partial charge in [0.2, 0.25) is 0 Å². The average Bonchev–Trinajstić information content (AvgIpc) is 3.82. The van der Waals surface area contributed by atoms with Gasteiger partial charge in [0.15, 0.2) is 0 Å². The molecule has 7 aromatic carbocycles. The number of para-hydroxylation sites is 1. The third-order valence-electron chi connectivity index (χ3n) is 12.0. The molecule has 1 fully saturated rings. The van der Waals surface area contributed by atoms with Crippen molar-refractivity contribution < 1.29 is 0 Å². The summed E-state index contributed by atoms with van der Waals surface area (Å²) in [7, 11) is 0. The van der Waals surface area contributed by atoms with Crippen LogP contribution in [0.2, 0.25) is 0 Å². The van der Waals surface area contributed by atoms with Crippen molar-refractivity contribution in [3.63, 3.8) is 0 Å². The topological polar surface area (TPSA) is 3.24 Å². The van der Waals surface area contributed by atoms with E-state index in [4.69, 9.17) is 0 Å². The molecule has 10 rings (SSSR count). The van der Waals surface area contributed by atoms with E-state index in [1.54, 1.807) is 0 Å². The van der Waals surface area contributed by atoms with Gasteiger partial charge in [-0.15, -0.1) is 0 Å². The van der Waals surface area contributed by atoms with Crippen LogP contribution < -0.4 is 4.90 Å². The first kappa shape index (κ1) is 28.6. The van der Waals surface area contributed by atoms with Crippen molar-refractivity contribution in [1.82, 2.24) is 0 Å². The summed E-state index contributed by atoms with van der Waals surface area (Å²) in [5.74, 6) is 0. The summed E-state index contributed by atoms with van der Waals surface area (Å²) in [5.41, 5.74) is 17.6. The highest BCUT2D eigenvalue weighted by Crippen LogP contribution is 2.59. The summed E-state index contributed by atoms with van der Waals surface area (Å²) in [5, 5.41) is 2.51. The Balaban J connectivity index is 1.24. The zero-order chi connectivity index (χ0) is 32.7. The molecule has 1 nitrogen and oxygen atoms in total. The number of benzene rings is 7. The van der Waals surface area contributed by atoms with Crippen molar-refractivity contribution in [2.24, 2.45) is 0 Å². The summed E-state index contributed by atoms with van der Waals surface area (Å²) in [4.78, 5) is 2.55. The average molecular weight is 630 g/mol. The SMILES string of the molecule is CC1(C)c2ccccc2-c2cccc(-c3ccccc3N(c3ccc4c(c3)C3(CCCC3)c3ccccc3-4)c3cccc4ccccc34)c21. The number of hydrogen-bond donors (Lipinski definition) is 0. The Morgan fingerprint density at radius 2 is 1.00 bits per heavy atom. The first-order chi connectivity index (χ1) is 24.1. The lowest BCUT2D eigenvalue weighted by Gasteiger charge is -2.32. The van der Waals surface area contributed by atoms with E-state index < -0.39 is 0 Å². The fourth-order valence-electron chi connectivity index (χ4n) is 9.88. The van der Waals surface area contributed by atoms with E-state index >= 15 is 0 Å². The van der Waals surface area contributed by atoms with Gasteiger partial charge in [-0.1, -0.05) is 154 Å². The number of nitrogens with zero attached hydrogens (tertiary/aromatic N) is 1. The van der Waals surface area contributed by atoms with Crippen molar-refractivity contribution in [3.8, 4) is 33.4 Å². The van der Waals surface area contributed by atoms with E-state index in [1.165, 1.54) is 109 Å². The monoisotopic (exact) mass is 629 g/mol. The molecule has 236 valence electrons. The van der Waals surface area contributed by atoms with Gasteiger partial charge in [0.1, 0.15) is 0 Å². The Labute approximate surface area is 289 Å². The van der Waals surface area contributed by atoms with E-state index in [-0.39, 0.29) is 10.8 Å². The van der Waals surface area contributed by atoms with E-state index in [2.05, 4.69) is 170 Å². The number of fused-ring (bicyclic) bond motifs is 9. The second-order valence-corrected chi connectivity index (χ2v) is 14.8. The van der Waals surface area contributed by atoms with Crippen LogP contribution in [0.3, 0.4) is 0 Å². The first-order valence-corrected chi connectivity index (χ1v) is 17.9. The molecule has 0 N–H and O–H groups in total. The van der Waals surface area contributed by atoms with Gasteiger partial charge >= 0.3 is 0 Å². The number of anilines is 3. The highest BCUT2D eigenvalue weighted by molar-refractivity contribution is 6.02. The normalized spacial score (nSPS) is 16.0. The molecule has 3 aliphatic carbocycles. The quantitative estimate of drug-likeness (QED) is 0.187. The Kier molecular flexibility index (Phi) is 6.16. The fraction of sp³-hybridized carbons (Fsp3) is 0.167. The second-order valence-electron chi connectivity index (χ2n) is 14.8. The minimum atomic E-state index is -0.117. The lowest BCUT2D eigenvalue weighted by Crippen LogP contribution is -2.21. The number of rotatable bonds is 4. The maximum atomic E-state index is 2.55. The van der Waals surface area contributed by atoms with Crippen LogP contribution >= 0.6 is 0 Å². The van der Waals surface area contributed by atoms with Gasteiger partial charge in [0.05, 0.1) is 11.4 Å². The van der Waals surface area contributed by atoms with Gasteiger partial charge in [0.25, 0.3) is 0 Å². The van der Waals surface area contributed by atoms with Gasteiger partial charge in [-0.2, -0.15) is 0 Å². The van der Waals surface area contributed by atoms with Gasteiger partial charge in [-0.3, -0.25) is 0 Å². The van der Waals surface area contributed by atoms with E-state index in [1.807, 2.05) is 0 Å². The predicted octanol–water partition coefficient (Wildman–Crippen LogP) is 13.1. The molecule has 0 aliphatic heterocycles. The Hall–Kier alpha value is -5.40. The minimum absolute atomic E-state index is 0.0991. The van der Waals surface area contributed by atoms with E-state index in [9.17, 15) is 0 Å². The molecular formula is C48H39N. The van der Waals surface area contributed by atoms with Gasteiger partial charge in [-0.25, -0.2) is 0 Å². The third kappa shape index (κ3) is 3.99. The Bertz CT molecular complexity index is 2430. The largest absolute Gasteiger partial charge is 0.309 e. The molecule has 0 bridgehead atoms. The van der Waals surface area contributed by atoms with Crippen LogP contribution in [0, 0.1) is 0 Å². The van der Waals surface area contributed by atoms with E-state index in [0.717, 1.165) is 0 Å². The van der Waals surface area contributed by atoms with Crippen LogP contribution in [0.15, 0.2) is 152 Å². The molecule has 1 spiro atoms. The maximum absolute atomic E-state index is 2.55. The molecule has 7 aromatic rings. The van der Waals surface area contributed by atoms with Gasteiger partial charge in [-0.05, 0) is 92.6 Å². The molecule has 0 saturated heterocycles. The molecule has 1 saturated carbocycles. The van der Waals surface area contributed by atoms with Crippen molar-refractivity contribution in [2.45, 2.75) is 50.4 Å². The highest BCUT2D eigenvalue weighted by atomic mass is 15.1. The van der Waals surface area contributed by atoms with Crippen LogP contribution in [-0.4, -0.2) is 0 Å². The molecule has 0 atom stereocenters. The van der Waals surface area contributed by atoms with Crippen molar-refractivity contribution in [1.29, 1.82) is 0 Å². The maximum Gasteiger partial charge on any atom is 0.0540 e. The van der Waals surface area contributed by atoms with Crippen LogP contribution in [-0.2, 0) is 10.8 Å². The molecule has 0 unspecified atom stereocenters. The molecule has 49 heavy (non-hydrogen) atoms.